The van der Waals surface area contributed by atoms with Crippen molar-refractivity contribution in [1.29, 1.82) is 0 Å². The molecule has 6 heteroatoms. The van der Waals surface area contributed by atoms with E-state index < -0.39 is 10.0 Å². The molecule has 2 atom stereocenters. The van der Waals surface area contributed by atoms with E-state index in [-0.39, 0.29) is 16.8 Å². The second-order valence-electron chi connectivity index (χ2n) is 5.01. The SMILES string of the molecule is CCC1CC1NC(=O)c1cc(S(N)(=O)=O)ccc1C. The normalized spacial score (nSPS) is 22.1. The maximum atomic E-state index is 12.1. The van der Waals surface area contributed by atoms with Crippen LogP contribution in [0.15, 0.2) is 23.1 Å². The summed E-state index contributed by atoms with van der Waals surface area (Å²) in [7, 11) is -3.78. The highest BCUT2D eigenvalue weighted by Crippen LogP contribution is 2.33. The van der Waals surface area contributed by atoms with Gasteiger partial charge in [-0.15, -0.1) is 0 Å². The quantitative estimate of drug-likeness (QED) is 0.868. The molecule has 1 fully saturated rings. The predicted molar refractivity (Wildman–Crippen MR) is 72.2 cm³/mol. The van der Waals surface area contributed by atoms with Gasteiger partial charge in [0.15, 0.2) is 0 Å². The fourth-order valence-electron chi connectivity index (χ4n) is 2.14. The number of hydrogen-bond acceptors (Lipinski definition) is 3. The van der Waals surface area contributed by atoms with Gasteiger partial charge in [-0.25, -0.2) is 13.6 Å². The van der Waals surface area contributed by atoms with Gasteiger partial charge in [0.1, 0.15) is 0 Å². The number of nitrogens with one attached hydrogen (secondary N) is 1. The van der Waals surface area contributed by atoms with Gasteiger partial charge in [-0.05, 0) is 37.0 Å². The summed E-state index contributed by atoms with van der Waals surface area (Å²) in [4.78, 5) is 12.1. The number of rotatable bonds is 4. The molecule has 0 saturated heterocycles. The Morgan fingerprint density at radius 1 is 1.47 bits per heavy atom. The molecule has 104 valence electrons. The van der Waals surface area contributed by atoms with Crippen molar-refractivity contribution in [2.45, 2.75) is 37.6 Å². The highest BCUT2D eigenvalue weighted by Gasteiger charge is 2.36. The van der Waals surface area contributed by atoms with E-state index in [1.54, 1.807) is 13.0 Å². The second kappa shape index (κ2) is 4.94. The smallest absolute Gasteiger partial charge is 0.251 e. The van der Waals surface area contributed by atoms with E-state index >= 15 is 0 Å². The average Bonchev–Trinajstić information content (AvgIpc) is 3.06. The molecular weight excluding hydrogens is 264 g/mol. The highest BCUT2D eigenvalue weighted by atomic mass is 32.2. The summed E-state index contributed by atoms with van der Waals surface area (Å²) < 4.78 is 22.6. The van der Waals surface area contributed by atoms with Crippen LogP contribution in [0.1, 0.15) is 35.7 Å². The summed E-state index contributed by atoms with van der Waals surface area (Å²) in [5.74, 6) is 0.314. The van der Waals surface area contributed by atoms with E-state index in [4.69, 9.17) is 5.14 Å². The van der Waals surface area contributed by atoms with Crippen LogP contribution in [0, 0.1) is 12.8 Å². The summed E-state index contributed by atoms with van der Waals surface area (Å²) in [5, 5.41) is 7.99. The van der Waals surface area contributed by atoms with Crippen molar-refractivity contribution in [2.75, 3.05) is 0 Å². The van der Waals surface area contributed by atoms with Gasteiger partial charge in [-0.1, -0.05) is 19.4 Å². The molecule has 2 unspecified atom stereocenters. The van der Waals surface area contributed by atoms with Crippen LogP contribution in [0.25, 0.3) is 0 Å². The second-order valence-corrected chi connectivity index (χ2v) is 6.57. The van der Waals surface area contributed by atoms with E-state index in [9.17, 15) is 13.2 Å². The van der Waals surface area contributed by atoms with Gasteiger partial charge in [-0.3, -0.25) is 4.79 Å². The zero-order valence-corrected chi connectivity index (χ0v) is 11.8. The Bertz CT molecular complexity index is 610. The van der Waals surface area contributed by atoms with Crippen molar-refractivity contribution in [3.05, 3.63) is 29.3 Å². The Morgan fingerprint density at radius 2 is 2.16 bits per heavy atom. The van der Waals surface area contributed by atoms with E-state index in [2.05, 4.69) is 12.2 Å². The number of carbonyl (C=O) groups is 1. The van der Waals surface area contributed by atoms with Crippen LogP contribution in [-0.4, -0.2) is 20.4 Å². The molecule has 0 heterocycles. The number of sulfonamides is 1. The Kier molecular flexibility index (Phi) is 3.64. The van der Waals surface area contributed by atoms with Gasteiger partial charge in [0.2, 0.25) is 10.0 Å². The van der Waals surface area contributed by atoms with Gasteiger partial charge in [-0.2, -0.15) is 0 Å². The molecule has 1 aromatic carbocycles. The molecule has 1 aromatic rings. The molecule has 0 aromatic heterocycles. The number of nitrogens with two attached hydrogens (primary N) is 1. The first kappa shape index (κ1) is 14.0. The monoisotopic (exact) mass is 282 g/mol. The molecule has 1 amide bonds. The molecule has 2 rings (SSSR count). The number of carbonyl (C=O) groups excluding carboxylic acids is 1. The lowest BCUT2D eigenvalue weighted by atomic mass is 10.1. The van der Waals surface area contributed by atoms with Gasteiger partial charge in [0.05, 0.1) is 4.90 Å². The number of hydrogen-bond donors (Lipinski definition) is 2. The maximum Gasteiger partial charge on any atom is 0.251 e. The molecule has 1 aliphatic rings. The molecule has 5 nitrogen and oxygen atoms in total. The van der Waals surface area contributed by atoms with Crippen molar-refractivity contribution in [3.8, 4) is 0 Å². The highest BCUT2D eigenvalue weighted by molar-refractivity contribution is 7.89. The maximum absolute atomic E-state index is 12.1. The summed E-state index contributed by atoms with van der Waals surface area (Å²) in [6.45, 7) is 3.86. The fourth-order valence-corrected chi connectivity index (χ4v) is 2.68. The van der Waals surface area contributed by atoms with Crippen LogP contribution >= 0.6 is 0 Å². The van der Waals surface area contributed by atoms with Crippen LogP contribution in [-0.2, 0) is 10.0 Å². The van der Waals surface area contributed by atoms with E-state index in [1.165, 1.54) is 12.1 Å². The van der Waals surface area contributed by atoms with Crippen LogP contribution in [0.4, 0.5) is 0 Å². The first-order valence-corrected chi connectivity index (χ1v) is 7.82. The summed E-state index contributed by atoms with van der Waals surface area (Å²) >= 11 is 0. The third kappa shape index (κ3) is 3.13. The number of primary sulfonamides is 1. The van der Waals surface area contributed by atoms with E-state index in [1.807, 2.05) is 0 Å². The van der Waals surface area contributed by atoms with Gasteiger partial charge >= 0.3 is 0 Å². The molecule has 1 aliphatic carbocycles. The minimum absolute atomic E-state index is 0.0360. The standard InChI is InChI=1S/C13H18N2O3S/c1-3-9-6-12(9)15-13(16)11-7-10(19(14,17)18)5-4-8(11)2/h4-5,7,9,12H,3,6H2,1-2H3,(H,15,16)(H2,14,17,18). The van der Waals surface area contributed by atoms with Crippen LogP contribution < -0.4 is 10.5 Å². The lowest BCUT2D eigenvalue weighted by Crippen LogP contribution is -2.27. The summed E-state index contributed by atoms with van der Waals surface area (Å²) in [6, 6.07) is 4.56. The molecular formula is C13H18N2O3S. The lowest BCUT2D eigenvalue weighted by Gasteiger charge is -2.09. The number of aryl methyl sites for hydroxylation is 1. The number of amides is 1. The minimum Gasteiger partial charge on any atom is -0.349 e. The van der Waals surface area contributed by atoms with Gasteiger partial charge in [0.25, 0.3) is 5.91 Å². The predicted octanol–water partition coefficient (Wildman–Crippen LogP) is 1.17. The Labute approximate surface area is 113 Å². The Balaban J connectivity index is 2.21. The molecule has 0 radical (unpaired) electrons. The first-order chi connectivity index (χ1) is 8.82. The fraction of sp³-hybridized carbons (Fsp3) is 0.462. The van der Waals surface area contributed by atoms with Crippen molar-refractivity contribution in [3.63, 3.8) is 0 Å². The minimum atomic E-state index is -3.78. The van der Waals surface area contributed by atoms with Crippen molar-refractivity contribution in [1.82, 2.24) is 5.32 Å². The third-order valence-electron chi connectivity index (χ3n) is 3.55. The van der Waals surface area contributed by atoms with Gasteiger partial charge in [0, 0.05) is 11.6 Å². The van der Waals surface area contributed by atoms with E-state index in [0.29, 0.717) is 11.5 Å². The molecule has 0 spiro atoms. The van der Waals surface area contributed by atoms with Crippen molar-refractivity contribution >= 4 is 15.9 Å². The topological polar surface area (TPSA) is 89.3 Å². The van der Waals surface area contributed by atoms with Crippen LogP contribution in [0.2, 0.25) is 0 Å². The van der Waals surface area contributed by atoms with E-state index in [0.717, 1.165) is 18.4 Å². The Hall–Kier alpha value is -1.40. The molecule has 1 saturated carbocycles. The third-order valence-corrected chi connectivity index (χ3v) is 4.46. The molecule has 0 aliphatic heterocycles. The zero-order chi connectivity index (χ0) is 14.2. The zero-order valence-electron chi connectivity index (χ0n) is 11.0. The van der Waals surface area contributed by atoms with Crippen LogP contribution in [0.5, 0.6) is 0 Å². The number of benzene rings is 1. The molecule has 3 N–H and O–H groups in total. The van der Waals surface area contributed by atoms with Gasteiger partial charge < -0.3 is 5.32 Å². The first-order valence-electron chi connectivity index (χ1n) is 6.27. The lowest BCUT2D eigenvalue weighted by molar-refractivity contribution is 0.0948. The largest absolute Gasteiger partial charge is 0.349 e. The summed E-state index contributed by atoms with van der Waals surface area (Å²) in [5.41, 5.74) is 1.10. The summed E-state index contributed by atoms with van der Waals surface area (Å²) in [6.07, 6.45) is 2.04. The molecule has 19 heavy (non-hydrogen) atoms. The Morgan fingerprint density at radius 3 is 2.68 bits per heavy atom. The van der Waals surface area contributed by atoms with Crippen molar-refractivity contribution in [2.24, 2.45) is 11.1 Å². The average molecular weight is 282 g/mol. The van der Waals surface area contributed by atoms with Crippen molar-refractivity contribution < 1.29 is 13.2 Å². The van der Waals surface area contributed by atoms with Crippen LogP contribution in [0.3, 0.4) is 0 Å². The molecule has 0 bridgehead atoms.